The van der Waals surface area contributed by atoms with E-state index in [2.05, 4.69) is 9.89 Å². The van der Waals surface area contributed by atoms with Gasteiger partial charge < -0.3 is 9.94 Å². The second kappa shape index (κ2) is 4.39. The van der Waals surface area contributed by atoms with Gasteiger partial charge in [0, 0.05) is 5.56 Å². The van der Waals surface area contributed by atoms with Crippen molar-refractivity contribution in [3.05, 3.63) is 29.8 Å². The van der Waals surface area contributed by atoms with Gasteiger partial charge in [-0.25, -0.2) is 0 Å². The van der Waals surface area contributed by atoms with E-state index in [9.17, 15) is 8.78 Å². The molecule has 0 radical (unpaired) electrons. The normalized spacial score (nSPS) is 11.0. The van der Waals surface area contributed by atoms with E-state index < -0.39 is 6.61 Å². The minimum Gasteiger partial charge on any atom is -0.434 e. The molecule has 13 heavy (non-hydrogen) atoms. The summed E-state index contributed by atoms with van der Waals surface area (Å²) in [4.78, 5) is 0. The highest BCUT2D eigenvalue weighted by Crippen LogP contribution is 2.17. The number of hydrogen-bond donors (Lipinski definition) is 1. The summed E-state index contributed by atoms with van der Waals surface area (Å²) in [5.74, 6) is -0.0182. The monoisotopic (exact) mass is 187 g/mol. The predicted molar refractivity (Wildman–Crippen MR) is 42.5 cm³/mol. The van der Waals surface area contributed by atoms with Crippen LogP contribution in [0.2, 0.25) is 0 Å². The Hall–Kier alpha value is -1.65. The maximum atomic E-state index is 11.8. The van der Waals surface area contributed by atoms with Crippen molar-refractivity contribution in [2.75, 3.05) is 0 Å². The second-order valence-corrected chi connectivity index (χ2v) is 2.16. The quantitative estimate of drug-likeness (QED) is 0.447. The molecule has 0 aromatic heterocycles. The molecule has 0 aliphatic carbocycles. The van der Waals surface area contributed by atoms with Crippen molar-refractivity contribution in [1.29, 1.82) is 0 Å². The molecule has 0 heterocycles. The Bertz CT molecular complexity index is 302. The zero-order valence-corrected chi connectivity index (χ0v) is 6.52. The molecule has 0 spiro atoms. The first kappa shape index (κ1) is 9.44. The van der Waals surface area contributed by atoms with Crippen molar-refractivity contribution in [3.8, 4) is 5.75 Å². The number of rotatable bonds is 3. The van der Waals surface area contributed by atoms with E-state index in [1.165, 1.54) is 12.1 Å². The molecule has 0 fully saturated rings. The van der Waals surface area contributed by atoms with Crippen LogP contribution >= 0.6 is 0 Å². The minimum atomic E-state index is -2.88. The molecule has 3 nitrogen and oxygen atoms in total. The lowest BCUT2D eigenvalue weighted by atomic mass is 10.2. The Labute approximate surface area is 73.2 Å². The van der Waals surface area contributed by atoms with Crippen molar-refractivity contribution < 1.29 is 18.7 Å². The van der Waals surface area contributed by atoms with Gasteiger partial charge in [-0.1, -0.05) is 17.3 Å². The van der Waals surface area contributed by atoms with Gasteiger partial charge in [-0.05, 0) is 12.1 Å². The van der Waals surface area contributed by atoms with Crippen LogP contribution in [0.4, 0.5) is 8.78 Å². The standard InChI is InChI=1S/C8H7F2NO2/c9-8(10)13-7-4-2-1-3-6(7)5-11-12/h1-5,8,12H/b11-5+. The molecular weight excluding hydrogens is 180 g/mol. The lowest BCUT2D eigenvalue weighted by Gasteiger charge is -2.05. The third-order valence-electron chi connectivity index (χ3n) is 1.33. The van der Waals surface area contributed by atoms with E-state index in [1.807, 2.05) is 0 Å². The zero-order valence-electron chi connectivity index (χ0n) is 6.52. The Morgan fingerprint density at radius 3 is 2.69 bits per heavy atom. The van der Waals surface area contributed by atoms with Gasteiger partial charge >= 0.3 is 6.61 Å². The van der Waals surface area contributed by atoms with Gasteiger partial charge in [0.1, 0.15) is 5.75 Å². The smallest absolute Gasteiger partial charge is 0.387 e. The lowest BCUT2D eigenvalue weighted by molar-refractivity contribution is -0.0499. The van der Waals surface area contributed by atoms with E-state index >= 15 is 0 Å². The summed E-state index contributed by atoms with van der Waals surface area (Å²) in [6.07, 6.45) is 1.03. The van der Waals surface area contributed by atoms with E-state index in [0.29, 0.717) is 5.56 Å². The van der Waals surface area contributed by atoms with E-state index in [1.54, 1.807) is 12.1 Å². The molecule has 0 amide bonds. The average Bonchev–Trinajstić information content (AvgIpc) is 2.08. The molecule has 1 aromatic rings. The summed E-state index contributed by atoms with van der Waals surface area (Å²) in [5.41, 5.74) is 0.297. The van der Waals surface area contributed by atoms with Crippen LogP contribution in [0.3, 0.4) is 0 Å². The Morgan fingerprint density at radius 2 is 2.08 bits per heavy atom. The van der Waals surface area contributed by atoms with Crippen LogP contribution in [-0.2, 0) is 0 Å². The van der Waals surface area contributed by atoms with E-state index in [0.717, 1.165) is 6.21 Å². The Balaban J connectivity index is 2.90. The fraction of sp³-hybridized carbons (Fsp3) is 0.125. The highest BCUT2D eigenvalue weighted by Gasteiger charge is 2.06. The van der Waals surface area contributed by atoms with Gasteiger partial charge in [0.2, 0.25) is 0 Å². The first-order valence-electron chi connectivity index (χ1n) is 3.45. The second-order valence-electron chi connectivity index (χ2n) is 2.16. The molecule has 1 N–H and O–H groups in total. The third-order valence-corrected chi connectivity index (χ3v) is 1.33. The van der Waals surface area contributed by atoms with Crippen LogP contribution in [0.5, 0.6) is 5.75 Å². The number of hydrogen-bond acceptors (Lipinski definition) is 3. The van der Waals surface area contributed by atoms with Crippen LogP contribution in [0.25, 0.3) is 0 Å². The molecule has 1 rings (SSSR count). The van der Waals surface area contributed by atoms with Gasteiger partial charge in [-0.15, -0.1) is 0 Å². The number of halogens is 2. The Kier molecular flexibility index (Phi) is 3.19. The number of alkyl halides is 2. The maximum absolute atomic E-state index is 11.8. The molecule has 0 aliphatic rings. The average molecular weight is 187 g/mol. The highest BCUT2D eigenvalue weighted by molar-refractivity contribution is 5.82. The summed E-state index contributed by atoms with van der Waals surface area (Å²) in [6, 6.07) is 6.03. The molecular formula is C8H7F2NO2. The van der Waals surface area contributed by atoms with Crippen molar-refractivity contribution >= 4 is 6.21 Å². The van der Waals surface area contributed by atoms with Crippen molar-refractivity contribution in [3.63, 3.8) is 0 Å². The first-order valence-corrected chi connectivity index (χ1v) is 3.45. The molecule has 0 saturated carbocycles. The molecule has 0 unspecified atom stereocenters. The van der Waals surface area contributed by atoms with Crippen LogP contribution in [0.15, 0.2) is 29.4 Å². The van der Waals surface area contributed by atoms with Crippen LogP contribution in [-0.4, -0.2) is 18.0 Å². The van der Waals surface area contributed by atoms with Crippen molar-refractivity contribution in [1.82, 2.24) is 0 Å². The van der Waals surface area contributed by atoms with Gasteiger partial charge in [-0.3, -0.25) is 0 Å². The molecule has 0 aliphatic heterocycles. The van der Waals surface area contributed by atoms with Gasteiger partial charge in [0.05, 0.1) is 6.21 Å². The minimum absolute atomic E-state index is 0.0182. The summed E-state index contributed by atoms with van der Waals surface area (Å²) < 4.78 is 27.8. The van der Waals surface area contributed by atoms with Gasteiger partial charge in [0.25, 0.3) is 0 Å². The largest absolute Gasteiger partial charge is 0.434 e. The van der Waals surface area contributed by atoms with Crippen molar-refractivity contribution in [2.24, 2.45) is 5.16 Å². The predicted octanol–water partition coefficient (Wildman–Crippen LogP) is 2.10. The highest BCUT2D eigenvalue weighted by atomic mass is 19.3. The van der Waals surface area contributed by atoms with Crippen molar-refractivity contribution in [2.45, 2.75) is 6.61 Å². The van der Waals surface area contributed by atoms with Crippen LogP contribution in [0.1, 0.15) is 5.56 Å². The number of benzene rings is 1. The number of ether oxygens (including phenoxy) is 1. The summed E-state index contributed by atoms with van der Waals surface area (Å²) in [5, 5.41) is 10.9. The third kappa shape index (κ3) is 2.70. The van der Waals surface area contributed by atoms with Gasteiger partial charge in [-0.2, -0.15) is 8.78 Å². The summed E-state index contributed by atoms with van der Waals surface area (Å²) in [7, 11) is 0. The Morgan fingerprint density at radius 1 is 1.38 bits per heavy atom. The van der Waals surface area contributed by atoms with Crippen LogP contribution in [0, 0.1) is 0 Å². The number of oxime groups is 1. The van der Waals surface area contributed by atoms with E-state index in [4.69, 9.17) is 5.21 Å². The molecule has 70 valence electrons. The fourth-order valence-electron chi connectivity index (χ4n) is 0.853. The molecule has 5 heteroatoms. The first-order chi connectivity index (χ1) is 6.24. The maximum Gasteiger partial charge on any atom is 0.387 e. The lowest BCUT2D eigenvalue weighted by Crippen LogP contribution is -2.03. The van der Waals surface area contributed by atoms with Gasteiger partial charge in [0.15, 0.2) is 0 Å². The molecule has 0 atom stereocenters. The molecule has 0 bridgehead atoms. The molecule has 1 aromatic carbocycles. The fourth-order valence-corrected chi connectivity index (χ4v) is 0.853. The topological polar surface area (TPSA) is 41.8 Å². The number of para-hydroxylation sites is 1. The zero-order chi connectivity index (χ0) is 9.68. The summed E-state index contributed by atoms with van der Waals surface area (Å²) >= 11 is 0. The van der Waals surface area contributed by atoms with E-state index in [-0.39, 0.29) is 5.75 Å². The summed E-state index contributed by atoms with van der Waals surface area (Å²) in [6.45, 7) is -2.88. The molecule has 0 saturated heterocycles. The van der Waals surface area contributed by atoms with Crippen LogP contribution < -0.4 is 4.74 Å². The number of nitrogens with zero attached hydrogens (tertiary/aromatic N) is 1. The SMILES string of the molecule is O/N=C/c1ccccc1OC(F)F.